The third-order valence-electron chi connectivity index (χ3n) is 4.22. The molecule has 2 rings (SSSR count). The highest BCUT2D eigenvalue weighted by molar-refractivity contribution is 7.11. The fraction of sp³-hybridized carbons (Fsp3) is 0.733. The molecule has 1 aliphatic rings. The number of hydrogen-bond acceptors (Lipinski definition) is 2. The van der Waals surface area contributed by atoms with Gasteiger partial charge in [0.25, 0.3) is 0 Å². The molecule has 1 saturated carbocycles. The molecule has 96 valence electrons. The van der Waals surface area contributed by atoms with Gasteiger partial charge in [-0.15, -0.1) is 11.3 Å². The Balaban J connectivity index is 1.91. The van der Waals surface area contributed by atoms with Crippen molar-refractivity contribution in [2.24, 2.45) is 11.8 Å². The summed E-state index contributed by atoms with van der Waals surface area (Å²) in [6, 6.07) is 5.41. The molecular weight excluding hydrogens is 226 g/mol. The monoisotopic (exact) mass is 251 g/mol. The van der Waals surface area contributed by atoms with Gasteiger partial charge in [0.15, 0.2) is 0 Å². The van der Waals surface area contributed by atoms with Crippen LogP contribution in [0.25, 0.3) is 0 Å². The minimum Gasteiger partial charge on any atom is -0.314 e. The molecule has 0 aromatic carbocycles. The largest absolute Gasteiger partial charge is 0.314 e. The lowest BCUT2D eigenvalue weighted by Gasteiger charge is -2.20. The van der Waals surface area contributed by atoms with E-state index in [-0.39, 0.29) is 0 Å². The maximum absolute atomic E-state index is 3.63. The minimum absolute atomic E-state index is 0.760. The molecular formula is C15H25NS. The summed E-state index contributed by atoms with van der Waals surface area (Å²) in [5, 5.41) is 3.63. The molecule has 3 atom stereocenters. The molecule has 1 heterocycles. The SMILES string of the molecule is CCNC1CCC(Cc2ccc(CC)s2)C1C. The molecule has 0 radical (unpaired) electrons. The molecule has 1 aromatic rings. The van der Waals surface area contributed by atoms with Gasteiger partial charge in [0, 0.05) is 15.8 Å². The Morgan fingerprint density at radius 1 is 1.24 bits per heavy atom. The summed E-state index contributed by atoms with van der Waals surface area (Å²) in [5.41, 5.74) is 0. The van der Waals surface area contributed by atoms with Crippen LogP contribution in [-0.2, 0) is 12.8 Å². The van der Waals surface area contributed by atoms with Gasteiger partial charge in [0.2, 0.25) is 0 Å². The van der Waals surface area contributed by atoms with Crippen molar-refractivity contribution in [1.82, 2.24) is 5.32 Å². The van der Waals surface area contributed by atoms with Crippen LogP contribution in [-0.4, -0.2) is 12.6 Å². The van der Waals surface area contributed by atoms with Crippen molar-refractivity contribution in [3.8, 4) is 0 Å². The van der Waals surface area contributed by atoms with Crippen LogP contribution in [0.2, 0.25) is 0 Å². The normalized spacial score (nSPS) is 28.8. The zero-order chi connectivity index (χ0) is 12.3. The van der Waals surface area contributed by atoms with Crippen molar-refractivity contribution in [2.75, 3.05) is 6.54 Å². The molecule has 1 fully saturated rings. The topological polar surface area (TPSA) is 12.0 Å². The third kappa shape index (κ3) is 3.11. The lowest BCUT2D eigenvalue weighted by Crippen LogP contribution is -2.32. The van der Waals surface area contributed by atoms with E-state index in [4.69, 9.17) is 0 Å². The van der Waals surface area contributed by atoms with Gasteiger partial charge in [0.05, 0.1) is 0 Å². The van der Waals surface area contributed by atoms with Crippen molar-refractivity contribution in [3.63, 3.8) is 0 Å². The van der Waals surface area contributed by atoms with E-state index in [0.717, 1.165) is 24.4 Å². The van der Waals surface area contributed by atoms with Crippen LogP contribution in [0.15, 0.2) is 12.1 Å². The van der Waals surface area contributed by atoms with Crippen molar-refractivity contribution in [3.05, 3.63) is 21.9 Å². The smallest absolute Gasteiger partial charge is 0.00954 e. The summed E-state index contributed by atoms with van der Waals surface area (Å²) in [7, 11) is 0. The summed E-state index contributed by atoms with van der Waals surface area (Å²) in [6.07, 6.45) is 5.25. The van der Waals surface area contributed by atoms with Crippen LogP contribution >= 0.6 is 11.3 Å². The number of thiophene rings is 1. The molecule has 1 aromatic heterocycles. The first-order chi connectivity index (χ1) is 8.24. The number of rotatable bonds is 5. The second kappa shape index (κ2) is 6.01. The van der Waals surface area contributed by atoms with Crippen LogP contribution in [0.3, 0.4) is 0 Å². The molecule has 3 unspecified atom stereocenters. The Labute approximate surface area is 110 Å². The maximum Gasteiger partial charge on any atom is 0.00954 e. The Hall–Kier alpha value is -0.340. The molecule has 1 aliphatic carbocycles. The average molecular weight is 251 g/mol. The van der Waals surface area contributed by atoms with Gasteiger partial charge < -0.3 is 5.32 Å². The summed E-state index contributed by atoms with van der Waals surface area (Å²) in [4.78, 5) is 3.13. The molecule has 0 aliphatic heterocycles. The summed E-state index contributed by atoms with van der Waals surface area (Å²) in [6.45, 7) is 8.00. The van der Waals surface area contributed by atoms with Gasteiger partial charge in [-0.05, 0) is 56.2 Å². The van der Waals surface area contributed by atoms with Crippen molar-refractivity contribution in [1.29, 1.82) is 0 Å². The second-order valence-corrected chi connectivity index (χ2v) is 6.54. The van der Waals surface area contributed by atoms with Crippen LogP contribution in [0, 0.1) is 11.8 Å². The lowest BCUT2D eigenvalue weighted by atomic mass is 9.92. The molecule has 0 bridgehead atoms. The van der Waals surface area contributed by atoms with Gasteiger partial charge in [-0.1, -0.05) is 20.8 Å². The second-order valence-electron chi connectivity index (χ2n) is 5.29. The van der Waals surface area contributed by atoms with Gasteiger partial charge in [-0.25, -0.2) is 0 Å². The molecule has 17 heavy (non-hydrogen) atoms. The fourth-order valence-corrected chi connectivity index (χ4v) is 4.12. The predicted octanol–water partition coefficient (Wildman–Crippen LogP) is 3.88. The Kier molecular flexibility index (Phi) is 4.63. The quantitative estimate of drug-likeness (QED) is 0.837. The number of hydrogen-bond donors (Lipinski definition) is 1. The molecule has 1 N–H and O–H groups in total. The Morgan fingerprint density at radius 2 is 2.00 bits per heavy atom. The molecule has 1 nitrogen and oxygen atoms in total. The minimum atomic E-state index is 0.760. The van der Waals surface area contributed by atoms with Crippen LogP contribution < -0.4 is 5.32 Å². The number of aryl methyl sites for hydroxylation is 1. The van der Waals surface area contributed by atoms with E-state index in [1.807, 2.05) is 11.3 Å². The summed E-state index contributed by atoms with van der Waals surface area (Å²) in [5.74, 6) is 1.73. The highest BCUT2D eigenvalue weighted by Crippen LogP contribution is 2.35. The van der Waals surface area contributed by atoms with E-state index < -0.39 is 0 Å². The van der Waals surface area contributed by atoms with Crippen LogP contribution in [0.5, 0.6) is 0 Å². The average Bonchev–Trinajstić information content (AvgIpc) is 2.91. The summed E-state index contributed by atoms with van der Waals surface area (Å²) >= 11 is 2.02. The first-order valence-corrected chi connectivity index (χ1v) is 7.87. The van der Waals surface area contributed by atoms with E-state index in [2.05, 4.69) is 38.2 Å². The number of nitrogens with one attached hydrogen (secondary N) is 1. The Bertz CT molecular complexity index is 344. The molecule has 0 saturated heterocycles. The molecule has 0 spiro atoms. The molecule has 2 heteroatoms. The Morgan fingerprint density at radius 3 is 2.65 bits per heavy atom. The van der Waals surface area contributed by atoms with Crippen LogP contribution in [0.4, 0.5) is 0 Å². The maximum atomic E-state index is 3.63. The van der Waals surface area contributed by atoms with Gasteiger partial charge in [0.1, 0.15) is 0 Å². The van der Waals surface area contributed by atoms with Crippen molar-refractivity contribution < 1.29 is 0 Å². The van der Waals surface area contributed by atoms with E-state index in [1.165, 1.54) is 30.6 Å². The van der Waals surface area contributed by atoms with E-state index in [9.17, 15) is 0 Å². The highest BCUT2D eigenvalue weighted by atomic mass is 32.1. The standard InChI is InChI=1S/C15H25NS/c1-4-13-7-8-14(17-13)10-12-6-9-15(11(12)3)16-5-2/h7-8,11-12,15-16H,4-6,9-10H2,1-3H3. The lowest BCUT2D eigenvalue weighted by molar-refractivity contribution is 0.356. The first-order valence-electron chi connectivity index (χ1n) is 7.05. The van der Waals surface area contributed by atoms with Gasteiger partial charge in [-0.3, -0.25) is 0 Å². The van der Waals surface area contributed by atoms with E-state index >= 15 is 0 Å². The van der Waals surface area contributed by atoms with Crippen molar-refractivity contribution >= 4 is 11.3 Å². The predicted molar refractivity (Wildman–Crippen MR) is 76.8 cm³/mol. The fourth-order valence-electron chi connectivity index (χ4n) is 3.07. The first kappa shape index (κ1) is 13.1. The summed E-state index contributed by atoms with van der Waals surface area (Å²) < 4.78 is 0. The highest BCUT2D eigenvalue weighted by Gasteiger charge is 2.32. The van der Waals surface area contributed by atoms with Crippen molar-refractivity contribution in [2.45, 2.75) is 52.5 Å². The van der Waals surface area contributed by atoms with Gasteiger partial charge >= 0.3 is 0 Å². The van der Waals surface area contributed by atoms with E-state index in [1.54, 1.807) is 4.88 Å². The van der Waals surface area contributed by atoms with Gasteiger partial charge in [-0.2, -0.15) is 0 Å². The zero-order valence-corrected chi connectivity index (χ0v) is 12.1. The third-order valence-corrected chi connectivity index (χ3v) is 5.47. The van der Waals surface area contributed by atoms with Crippen LogP contribution in [0.1, 0.15) is 43.4 Å². The molecule has 0 amide bonds. The van der Waals surface area contributed by atoms with E-state index in [0.29, 0.717) is 0 Å². The zero-order valence-electron chi connectivity index (χ0n) is 11.3.